The first-order valence-electron chi connectivity index (χ1n) is 8.33. The summed E-state index contributed by atoms with van der Waals surface area (Å²) in [5, 5.41) is 1.28. The Morgan fingerprint density at radius 2 is 1.95 bits per heavy atom. The molecule has 0 aliphatic carbocycles. The maximum Gasteiger partial charge on any atom is 0.223 e. The Bertz CT molecular complexity index is 653. The fraction of sp³-hybridized carbons (Fsp3) is 0.500. The zero-order valence-electron chi connectivity index (χ0n) is 13.6. The molecule has 4 nitrogen and oxygen atoms in total. The second-order valence-electron chi connectivity index (χ2n) is 6.27. The number of hydrogen-bond donors (Lipinski definition) is 1. The fourth-order valence-electron chi connectivity index (χ4n) is 3.45. The summed E-state index contributed by atoms with van der Waals surface area (Å²) in [6, 6.07) is 8.42. The van der Waals surface area contributed by atoms with Crippen LogP contribution in [0.1, 0.15) is 18.9 Å². The summed E-state index contributed by atoms with van der Waals surface area (Å²) >= 11 is 0. The Balaban J connectivity index is 1.61. The molecule has 1 aromatic carbocycles. The summed E-state index contributed by atoms with van der Waals surface area (Å²) in [6.45, 7) is 7.40. The molecule has 1 saturated heterocycles. The van der Waals surface area contributed by atoms with Gasteiger partial charge in [0.05, 0.1) is 32.7 Å². The second kappa shape index (κ2) is 6.53. The van der Waals surface area contributed by atoms with Crippen LogP contribution in [0.4, 0.5) is 0 Å². The molecular weight excluding hydrogens is 274 g/mol. The minimum atomic E-state index is 0.308. The molecule has 1 aliphatic rings. The molecule has 22 heavy (non-hydrogen) atoms. The smallest absolute Gasteiger partial charge is 0.223 e. The van der Waals surface area contributed by atoms with Gasteiger partial charge < -0.3 is 14.4 Å². The van der Waals surface area contributed by atoms with Crippen LogP contribution < -0.4 is 4.90 Å². The zero-order chi connectivity index (χ0) is 15.5. The Hall–Kier alpha value is -1.81. The highest BCUT2D eigenvalue weighted by Gasteiger charge is 2.22. The van der Waals surface area contributed by atoms with Gasteiger partial charge in [0.2, 0.25) is 5.91 Å². The maximum atomic E-state index is 12.4. The van der Waals surface area contributed by atoms with Crippen molar-refractivity contribution < 1.29 is 9.69 Å². The molecule has 4 heteroatoms. The van der Waals surface area contributed by atoms with Gasteiger partial charge in [0.1, 0.15) is 0 Å². The molecule has 1 aromatic heterocycles. The quantitative estimate of drug-likeness (QED) is 0.892. The van der Waals surface area contributed by atoms with E-state index in [1.54, 1.807) is 4.90 Å². The lowest BCUT2D eigenvalue weighted by Crippen LogP contribution is -3.14. The number of benzene rings is 1. The van der Waals surface area contributed by atoms with E-state index in [0.29, 0.717) is 12.3 Å². The molecule has 2 aromatic rings. The molecule has 1 fully saturated rings. The number of hydrogen-bond acceptors (Lipinski definition) is 1. The van der Waals surface area contributed by atoms with Gasteiger partial charge in [0.25, 0.3) is 0 Å². The van der Waals surface area contributed by atoms with E-state index in [2.05, 4.69) is 49.0 Å². The molecule has 2 heterocycles. The Morgan fingerprint density at radius 3 is 2.68 bits per heavy atom. The third-order valence-corrected chi connectivity index (χ3v) is 4.91. The number of aromatic nitrogens is 1. The monoisotopic (exact) mass is 300 g/mol. The van der Waals surface area contributed by atoms with Crippen LogP contribution in [0.2, 0.25) is 0 Å². The molecule has 0 unspecified atom stereocenters. The number of fused-ring (bicyclic) bond motifs is 1. The summed E-state index contributed by atoms with van der Waals surface area (Å²) in [5.74, 6) is 0.308. The normalized spacial score (nSPS) is 16.4. The molecule has 0 bridgehead atoms. The highest BCUT2D eigenvalue weighted by Crippen LogP contribution is 2.21. The van der Waals surface area contributed by atoms with Gasteiger partial charge in [-0.25, -0.2) is 0 Å². The Kier molecular flexibility index (Phi) is 4.48. The average Bonchev–Trinajstić information content (AvgIpc) is 2.89. The number of para-hydroxylation sites is 1. The van der Waals surface area contributed by atoms with Crippen molar-refractivity contribution in [2.24, 2.45) is 7.05 Å². The van der Waals surface area contributed by atoms with E-state index < -0.39 is 0 Å². The lowest BCUT2D eigenvalue weighted by atomic mass is 10.1. The first-order valence-corrected chi connectivity index (χ1v) is 8.33. The number of quaternary nitrogens is 1. The number of nitrogens with zero attached hydrogens (tertiary/aromatic N) is 2. The minimum absolute atomic E-state index is 0.308. The van der Waals surface area contributed by atoms with E-state index in [-0.39, 0.29) is 0 Å². The van der Waals surface area contributed by atoms with Gasteiger partial charge in [-0.1, -0.05) is 18.2 Å². The number of nitrogens with one attached hydrogen (secondary N) is 1. The molecule has 0 saturated carbocycles. The van der Waals surface area contributed by atoms with Crippen LogP contribution in [0.25, 0.3) is 10.9 Å². The van der Waals surface area contributed by atoms with Crippen molar-refractivity contribution in [3.05, 3.63) is 36.0 Å². The van der Waals surface area contributed by atoms with Crippen LogP contribution in [-0.4, -0.2) is 48.1 Å². The van der Waals surface area contributed by atoms with Crippen LogP contribution in [0, 0.1) is 0 Å². The number of carbonyl (C=O) groups is 1. The Labute approximate surface area is 132 Å². The molecule has 0 radical (unpaired) electrons. The maximum absolute atomic E-state index is 12.4. The minimum Gasteiger partial charge on any atom is -0.350 e. The van der Waals surface area contributed by atoms with Crippen molar-refractivity contribution in [3.63, 3.8) is 0 Å². The predicted octanol–water partition coefficient (Wildman–Crippen LogP) is 0.858. The van der Waals surface area contributed by atoms with Crippen molar-refractivity contribution in [3.8, 4) is 0 Å². The summed E-state index contributed by atoms with van der Waals surface area (Å²) in [4.78, 5) is 16.1. The van der Waals surface area contributed by atoms with Gasteiger partial charge in [-0.2, -0.15) is 0 Å². The van der Waals surface area contributed by atoms with Crippen molar-refractivity contribution in [1.82, 2.24) is 9.47 Å². The van der Waals surface area contributed by atoms with Gasteiger partial charge in [0.15, 0.2) is 0 Å². The van der Waals surface area contributed by atoms with Crippen LogP contribution in [0.5, 0.6) is 0 Å². The van der Waals surface area contributed by atoms with Gasteiger partial charge in [-0.15, -0.1) is 0 Å². The van der Waals surface area contributed by atoms with Crippen molar-refractivity contribution >= 4 is 16.8 Å². The van der Waals surface area contributed by atoms with Gasteiger partial charge in [0, 0.05) is 30.6 Å². The summed E-state index contributed by atoms with van der Waals surface area (Å²) in [6.07, 6.45) is 3.62. The third kappa shape index (κ3) is 3.02. The van der Waals surface area contributed by atoms with Crippen molar-refractivity contribution in [2.45, 2.75) is 19.8 Å². The van der Waals surface area contributed by atoms with E-state index in [1.165, 1.54) is 16.5 Å². The van der Waals surface area contributed by atoms with E-state index >= 15 is 0 Å². The number of amides is 1. The van der Waals surface area contributed by atoms with Gasteiger partial charge in [-0.05, 0) is 25.0 Å². The highest BCUT2D eigenvalue weighted by molar-refractivity contribution is 5.85. The average molecular weight is 300 g/mol. The van der Waals surface area contributed by atoms with Crippen LogP contribution in [0.15, 0.2) is 30.5 Å². The van der Waals surface area contributed by atoms with Crippen LogP contribution in [-0.2, 0) is 18.3 Å². The molecular formula is C18H26N3O+. The van der Waals surface area contributed by atoms with Crippen LogP contribution in [0.3, 0.4) is 0 Å². The molecule has 1 aliphatic heterocycles. The van der Waals surface area contributed by atoms with E-state index in [0.717, 1.165) is 39.1 Å². The highest BCUT2D eigenvalue weighted by atomic mass is 16.2. The second-order valence-corrected chi connectivity index (χ2v) is 6.27. The number of likely N-dealkylation sites (N-methyl/N-ethyl adjacent to an activating group) is 1. The standard InChI is InChI=1S/C18H25N3O/c1-3-20-10-12-21(13-11-20)18(22)9-8-15-14-19(2)17-7-5-4-6-16(15)17/h4-7,14H,3,8-13H2,1-2H3/p+1. The van der Waals surface area contributed by atoms with E-state index in [4.69, 9.17) is 0 Å². The largest absolute Gasteiger partial charge is 0.350 e. The zero-order valence-corrected chi connectivity index (χ0v) is 13.6. The summed E-state index contributed by atoms with van der Waals surface area (Å²) in [7, 11) is 2.07. The van der Waals surface area contributed by atoms with E-state index in [1.807, 2.05) is 4.90 Å². The number of aryl methyl sites for hydroxylation is 2. The van der Waals surface area contributed by atoms with Crippen LogP contribution >= 0.6 is 0 Å². The van der Waals surface area contributed by atoms with Gasteiger partial charge in [-0.3, -0.25) is 4.79 Å². The predicted molar refractivity (Wildman–Crippen MR) is 89.1 cm³/mol. The SMILES string of the molecule is CC[NH+]1CCN(C(=O)CCc2cn(C)c3ccccc23)CC1. The molecule has 1 N–H and O–H groups in total. The van der Waals surface area contributed by atoms with E-state index in [9.17, 15) is 4.79 Å². The fourth-order valence-corrected chi connectivity index (χ4v) is 3.45. The first-order chi connectivity index (χ1) is 10.7. The van der Waals surface area contributed by atoms with Gasteiger partial charge >= 0.3 is 0 Å². The molecule has 1 amide bonds. The van der Waals surface area contributed by atoms with Crippen molar-refractivity contribution in [2.75, 3.05) is 32.7 Å². The lowest BCUT2D eigenvalue weighted by Gasteiger charge is -2.31. The molecule has 0 atom stereocenters. The molecule has 0 spiro atoms. The summed E-state index contributed by atoms with van der Waals surface area (Å²) < 4.78 is 2.15. The summed E-state index contributed by atoms with van der Waals surface area (Å²) in [5.41, 5.74) is 2.52. The van der Waals surface area contributed by atoms with Crippen molar-refractivity contribution in [1.29, 1.82) is 0 Å². The Morgan fingerprint density at radius 1 is 1.23 bits per heavy atom. The number of carbonyl (C=O) groups excluding carboxylic acids is 1. The third-order valence-electron chi connectivity index (χ3n) is 4.91. The number of rotatable bonds is 4. The molecule has 3 rings (SSSR count). The first kappa shape index (κ1) is 15.1. The topological polar surface area (TPSA) is 29.7 Å². The number of piperazine rings is 1. The lowest BCUT2D eigenvalue weighted by molar-refractivity contribution is -0.902. The molecule has 118 valence electrons.